The van der Waals surface area contributed by atoms with Gasteiger partial charge in [0.05, 0.1) is 32.9 Å². The number of halogens is 1. The Bertz CT molecular complexity index is 1210. The molecular formula is C27H26FNO6. The molecule has 0 saturated heterocycles. The van der Waals surface area contributed by atoms with E-state index in [0.717, 1.165) is 11.1 Å². The predicted octanol–water partition coefficient (Wildman–Crippen LogP) is 4.45. The number of amides is 1. The molecular weight excluding hydrogens is 453 g/mol. The minimum Gasteiger partial charge on any atom is -0.493 e. The number of esters is 1. The van der Waals surface area contributed by atoms with E-state index in [1.165, 1.54) is 31.4 Å². The summed E-state index contributed by atoms with van der Waals surface area (Å²) in [5.74, 6) is 0.643. The van der Waals surface area contributed by atoms with Gasteiger partial charge in [-0.05, 0) is 78.2 Å². The topological polar surface area (TPSA) is 74.3 Å². The van der Waals surface area contributed by atoms with Crippen molar-refractivity contribution in [3.63, 3.8) is 0 Å². The molecule has 0 bridgehead atoms. The number of rotatable bonds is 7. The minimum atomic E-state index is -0.435. The van der Waals surface area contributed by atoms with E-state index in [-0.39, 0.29) is 12.5 Å². The third-order valence-corrected chi connectivity index (χ3v) is 6.04. The van der Waals surface area contributed by atoms with Gasteiger partial charge in [-0.3, -0.25) is 4.79 Å². The molecule has 0 unspecified atom stereocenters. The van der Waals surface area contributed by atoms with Crippen molar-refractivity contribution in [3.8, 4) is 17.2 Å². The van der Waals surface area contributed by atoms with Crippen LogP contribution in [-0.2, 0) is 11.2 Å². The second-order valence-corrected chi connectivity index (χ2v) is 8.00. The van der Waals surface area contributed by atoms with E-state index < -0.39 is 17.8 Å². The maximum atomic E-state index is 13.4. The molecule has 0 aromatic heterocycles. The molecule has 1 heterocycles. The quantitative estimate of drug-likeness (QED) is 0.466. The highest BCUT2D eigenvalue weighted by molar-refractivity contribution is 5.94. The predicted molar refractivity (Wildman–Crippen MR) is 127 cm³/mol. The number of benzene rings is 3. The van der Waals surface area contributed by atoms with Crippen LogP contribution in [0.5, 0.6) is 17.2 Å². The van der Waals surface area contributed by atoms with Gasteiger partial charge < -0.3 is 23.8 Å². The van der Waals surface area contributed by atoms with Crippen molar-refractivity contribution in [1.29, 1.82) is 0 Å². The standard InChI is InChI=1S/C27H26FNO6/c1-32-24-14-19-12-13-29(26(30)17-4-8-20(28)9-5-17)23(22(19)15-25(24)33-2)16-35-21-10-6-18(7-11-21)27(31)34-3/h4-11,14-15,23H,12-13,16H2,1-3H3/t23-/m0/s1. The summed E-state index contributed by atoms with van der Waals surface area (Å²) in [7, 11) is 4.46. The molecule has 1 atom stereocenters. The lowest BCUT2D eigenvalue weighted by molar-refractivity contribution is 0.0582. The number of carbonyl (C=O) groups excluding carboxylic acids is 2. The van der Waals surface area contributed by atoms with Crippen LogP contribution in [0.1, 0.15) is 37.9 Å². The summed E-state index contributed by atoms with van der Waals surface area (Å²) >= 11 is 0. The van der Waals surface area contributed by atoms with Crippen molar-refractivity contribution in [2.24, 2.45) is 0 Å². The van der Waals surface area contributed by atoms with Gasteiger partial charge in [0, 0.05) is 12.1 Å². The fraction of sp³-hybridized carbons (Fsp3) is 0.259. The molecule has 0 N–H and O–H groups in total. The maximum absolute atomic E-state index is 13.4. The Morgan fingerprint density at radius 3 is 2.17 bits per heavy atom. The fourth-order valence-corrected chi connectivity index (χ4v) is 4.19. The van der Waals surface area contributed by atoms with Crippen LogP contribution in [0.3, 0.4) is 0 Å². The van der Waals surface area contributed by atoms with Crippen LogP contribution in [0, 0.1) is 5.82 Å². The smallest absolute Gasteiger partial charge is 0.337 e. The summed E-state index contributed by atoms with van der Waals surface area (Å²) < 4.78 is 35.2. The van der Waals surface area contributed by atoms with Crippen molar-refractivity contribution >= 4 is 11.9 Å². The van der Waals surface area contributed by atoms with Crippen molar-refractivity contribution < 1.29 is 32.9 Å². The van der Waals surface area contributed by atoms with E-state index in [0.29, 0.717) is 41.3 Å². The van der Waals surface area contributed by atoms with Crippen LogP contribution < -0.4 is 14.2 Å². The Kier molecular flexibility index (Phi) is 7.19. The molecule has 7 nitrogen and oxygen atoms in total. The first-order chi connectivity index (χ1) is 16.9. The van der Waals surface area contributed by atoms with Gasteiger partial charge in [0.15, 0.2) is 11.5 Å². The summed E-state index contributed by atoms with van der Waals surface area (Å²) in [5, 5.41) is 0. The van der Waals surface area contributed by atoms with Gasteiger partial charge in [-0.1, -0.05) is 0 Å². The monoisotopic (exact) mass is 479 g/mol. The highest BCUT2D eigenvalue weighted by Crippen LogP contribution is 2.39. The molecule has 0 spiro atoms. The van der Waals surface area contributed by atoms with Gasteiger partial charge >= 0.3 is 5.97 Å². The summed E-state index contributed by atoms with van der Waals surface area (Å²) in [6.45, 7) is 0.612. The molecule has 3 aromatic carbocycles. The molecule has 1 amide bonds. The Labute approximate surface area is 203 Å². The normalized spacial score (nSPS) is 14.6. The molecule has 3 aromatic rings. The molecule has 1 aliphatic rings. The van der Waals surface area contributed by atoms with Gasteiger partial charge in [0.25, 0.3) is 5.91 Å². The average Bonchev–Trinajstić information content (AvgIpc) is 2.90. The van der Waals surface area contributed by atoms with Crippen molar-refractivity contribution in [2.45, 2.75) is 12.5 Å². The van der Waals surface area contributed by atoms with E-state index in [1.807, 2.05) is 12.1 Å². The molecule has 0 saturated carbocycles. The van der Waals surface area contributed by atoms with E-state index in [4.69, 9.17) is 18.9 Å². The summed E-state index contributed by atoms with van der Waals surface area (Å²) in [6.07, 6.45) is 0.618. The van der Waals surface area contributed by atoms with E-state index >= 15 is 0 Å². The Hall–Kier alpha value is -4.07. The van der Waals surface area contributed by atoms with Crippen LogP contribution in [0.15, 0.2) is 60.7 Å². The lowest BCUT2D eigenvalue weighted by Crippen LogP contribution is -2.42. The molecule has 0 fully saturated rings. The van der Waals surface area contributed by atoms with Crippen LogP contribution in [0.25, 0.3) is 0 Å². The number of ether oxygens (including phenoxy) is 4. The highest BCUT2D eigenvalue weighted by atomic mass is 19.1. The number of hydrogen-bond acceptors (Lipinski definition) is 6. The van der Waals surface area contributed by atoms with Gasteiger partial charge in [-0.2, -0.15) is 0 Å². The minimum absolute atomic E-state index is 0.160. The number of methoxy groups -OCH3 is 3. The van der Waals surface area contributed by atoms with Gasteiger partial charge in [-0.15, -0.1) is 0 Å². The first-order valence-electron chi connectivity index (χ1n) is 11.1. The van der Waals surface area contributed by atoms with Crippen molar-refractivity contribution in [2.75, 3.05) is 34.5 Å². The zero-order valence-corrected chi connectivity index (χ0v) is 19.7. The Morgan fingerprint density at radius 2 is 1.54 bits per heavy atom. The SMILES string of the molecule is COC(=O)c1ccc(OC[C@H]2c3cc(OC)c(OC)cc3CCN2C(=O)c2ccc(F)cc2)cc1. The lowest BCUT2D eigenvalue weighted by Gasteiger charge is -2.37. The fourth-order valence-electron chi connectivity index (χ4n) is 4.19. The Balaban J connectivity index is 1.66. The Morgan fingerprint density at radius 1 is 0.914 bits per heavy atom. The number of fused-ring (bicyclic) bond motifs is 1. The largest absolute Gasteiger partial charge is 0.493 e. The maximum Gasteiger partial charge on any atom is 0.337 e. The van der Waals surface area contributed by atoms with Crippen molar-refractivity contribution in [3.05, 3.63) is 88.7 Å². The average molecular weight is 480 g/mol. The van der Waals surface area contributed by atoms with E-state index in [2.05, 4.69) is 0 Å². The summed E-state index contributed by atoms with van der Waals surface area (Å²) in [5.41, 5.74) is 2.71. The van der Waals surface area contributed by atoms with Gasteiger partial charge in [0.2, 0.25) is 0 Å². The van der Waals surface area contributed by atoms with E-state index in [1.54, 1.807) is 43.4 Å². The molecule has 8 heteroatoms. The van der Waals surface area contributed by atoms with Crippen LogP contribution in [0.2, 0.25) is 0 Å². The van der Waals surface area contributed by atoms with Crippen LogP contribution in [0.4, 0.5) is 4.39 Å². The number of carbonyl (C=O) groups is 2. The first kappa shape index (κ1) is 24.1. The third kappa shape index (κ3) is 5.06. The number of hydrogen-bond donors (Lipinski definition) is 0. The number of nitrogens with zero attached hydrogens (tertiary/aromatic N) is 1. The molecule has 182 valence electrons. The zero-order valence-electron chi connectivity index (χ0n) is 19.7. The molecule has 4 rings (SSSR count). The van der Waals surface area contributed by atoms with Crippen LogP contribution >= 0.6 is 0 Å². The second-order valence-electron chi connectivity index (χ2n) is 8.00. The summed E-state index contributed by atoms with van der Waals surface area (Å²) in [6, 6.07) is 15.4. The highest BCUT2D eigenvalue weighted by Gasteiger charge is 2.33. The lowest BCUT2D eigenvalue weighted by atomic mass is 9.91. The third-order valence-electron chi connectivity index (χ3n) is 6.04. The molecule has 35 heavy (non-hydrogen) atoms. The van der Waals surface area contributed by atoms with Gasteiger partial charge in [-0.25, -0.2) is 9.18 Å². The summed E-state index contributed by atoms with van der Waals surface area (Å²) in [4.78, 5) is 26.8. The molecule has 0 radical (unpaired) electrons. The van der Waals surface area contributed by atoms with Crippen molar-refractivity contribution in [1.82, 2.24) is 4.90 Å². The first-order valence-corrected chi connectivity index (χ1v) is 11.1. The zero-order chi connectivity index (χ0) is 24.9. The van der Waals surface area contributed by atoms with Crippen LogP contribution in [-0.4, -0.2) is 51.3 Å². The molecule has 1 aliphatic heterocycles. The van der Waals surface area contributed by atoms with Gasteiger partial charge in [0.1, 0.15) is 18.2 Å². The second kappa shape index (κ2) is 10.5. The molecule has 0 aliphatic carbocycles. The van der Waals surface area contributed by atoms with E-state index in [9.17, 15) is 14.0 Å².